The van der Waals surface area contributed by atoms with E-state index in [0.717, 1.165) is 10.9 Å². The maximum Gasteiger partial charge on any atom is 0.326 e. The molecule has 0 spiro atoms. The normalized spacial score (nSPS) is 10.6. The number of urea groups is 1. The van der Waals surface area contributed by atoms with Crippen molar-refractivity contribution in [1.82, 2.24) is 10.2 Å². The van der Waals surface area contributed by atoms with Gasteiger partial charge in [-0.2, -0.15) is 5.10 Å². The first-order chi connectivity index (χ1) is 9.20. The van der Waals surface area contributed by atoms with E-state index in [9.17, 15) is 4.79 Å². The summed E-state index contributed by atoms with van der Waals surface area (Å²) in [5, 5.41) is 13.0. The Hall–Kier alpha value is -2.28. The molecule has 2 amide bonds. The third-order valence-electron chi connectivity index (χ3n) is 2.51. The molecule has 2 heterocycles. The Bertz CT molecular complexity index is 734. The van der Waals surface area contributed by atoms with Gasteiger partial charge in [0.2, 0.25) is 5.88 Å². The number of H-pyrrole nitrogens is 1. The number of rotatable bonds is 2. The van der Waals surface area contributed by atoms with Gasteiger partial charge in [0, 0.05) is 17.1 Å². The number of halogens is 1. The van der Waals surface area contributed by atoms with Gasteiger partial charge in [-0.1, -0.05) is 0 Å². The van der Waals surface area contributed by atoms with Crippen LogP contribution < -0.4 is 10.6 Å². The van der Waals surface area contributed by atoms with Crippen molar-refractivity contribution in [3.63, 3.8) is 0 Å². The highest BCUT2D eigenvalue weighted by Crippen LogP contribution is 2.19. The summed E-state index contributed by atoms with van der Waals surface area (Å²) in [5.74, 6) is 0.368. The number of hydrogen-bond donors (Lipinski definition) is 3. The van der Waals surface area contributed by atoms with E-state index in [1.807, 2.05) is 6.07 Å². The molecule has 0 unspecified atom stereocenters. The zero-order chi connectivity index (χ0) is 13.2. The molecule has 2 aromatic heterocycles. The predicted molar refractivity (Wildman–Crippen MR) is 75.1 cm³/mol. The lowest BCUT2D eigenvalue weighted by atomic mass is 10.2. The van der Waals surface area contributed by atoms with E-state index in [-0.39, 0.29) is 6.03 Å². The molecule has 0 saturated carbocycles. The summed E-state index contributed by atoms with van der Waals surface area (Å²) < 4.78 is 5.74. The first kappa shape index (κ1) is 11.8. The second-order valence-corrected chi connectivity index (χ2v) is 4.64. The minimum atomic E-state index is -0.374. The van der Waals surface area contributed by atoms with Crippen molar-refractivity contribution in [2.75, 3.05) is 10.6 Å². The lowest BCUT2D eigenvalue weighted by Gasteiger charge is -2.05. The number of amides is 2. The molecule has 6 nitrogen and oxygen atoms in total. The molecule has 0 saturated heterocycles. The number of aromatic nitrogens is 2. The molecule has 0 bridgehead atoms. The van der Waals surface area contributed by atoms with E-state index >= 15 is 0 Å². The zero-order valence-corrected chi connectivity index (χ0v) is 11.2. The van der Waals surface area contributed by atoms with Crippen molar-refractivity contribution in [3.05, 3.63) is 41.2 Å². The molecular formula is C12H9BrN4O2. The molecule has 3 N–H and O–H groups in total. The van der Waals surface area contributed by atoms with Crippen molar-refractivity contribution < 1.29 is 9.21 Å². The fourth-order valence-corrected chi connectivity index (χ4v) is 1.98. The Kier molecular flexibility index (Phi) is 2.96. The van der Waals surface area contributed by atoms with Crippen molar-refractivity contribution in [3.8, 4) is 0 Å². The van der Waals surface area contributed by atoms with Gasteiger partial charge in [-0.15, -0.1) is 0 Å². The van der Waals surface area contributed by atoms with E-state index in [0.29, 0.717) is 16.2 Å². The minimum absolute atomic E-state index is 0.368. The largest absolute Gasteiger partial charge is 0.434 e. The van der Waals surface area contributed by atoms with Gasteiger partial charge in [0.05, 0.1) is 11.7 Å². The smallest absolute Gasteiger partial charge is 0.326 e. The highest BCUT2D eigenvalue weighted by molar-refractivity contribution is 9.10. The molecule has 0 aliphatic heterocycles. The van der Waals surface area contributed by atoms with Gasteiger partial charge in [-0.05, 0) is 40.2 Å². The number of anilines is 2. The van der Waals surface area contributed by atoms with Gasteiger partial charge in [0.1, 0.15) is 0 Å². The van der Waals surface area contributed by atoms with Gasteiger partial charge >= 0.3 is 6.03 Å². The van der Waals surface area contributed by atoms with Crippen LogP contribution in [0.4, 0.5) is 16.4 Å². The molecule has 1 aromatic carbocycles. The van der Waals surface area contributed by atoms with Crippen molar-refractivity contribution in [2.45, 2.75) is 0 Å². The standard InChI is InChI=1S/C12H9BrN4O2/c13-10-3-4-11(19-10)16-12(18)15-8-2-1-7-6-14-17-9(7)5-8/h1-6H,(H,14,17)(H2,15,16,18). The number of aromatic amines is 1. The number of nitrogens with one attached hydrogen (secondary N) is 3. The highest BCUT2D eigenvalue weighted by atomic mass is 79.9. The van der Waals surface area contributed by atoms with Crippen molar-refractivity contribution in [1.29, 1.82) is 0 Å². The molecule has 0 fully saturated rings. The molecule has 7 heteroatoms. The van der Waals surface area contributed by atoms with Crippen LogP contribution >= 0.6 is 15.9 Å². The van der Waals surface area contributed by atoms with Gasteiger partial charge in [-0.3, -0.25) is 10.4 Å². The van der Waals surface area contributed by atoms with E-state index in [4.69, 9.17) is 4.42 Å². The number of hydrogen-bond acceptors (Lipinski definition) is 3. The van der Waals surface area contributed by atoms with Crippen LogP contribution in [0.3, 0.4) is 0 Å². The third kappa shape index (κ3) is 2.60. The summed E-state index contributed by atoms with van der Waals surface area (Å²) >= 11 is 3.16. The Balaban J connectivity index is 1.71. The average molecular weight is 321 g/mol. The number of carbonyl (C=O) groups excluding carboxylic acids is 1. The van der Waals surface area contributed by atoms with E-state index < -0.39 is 0 Å². The summed E-state index contributed by atoms with van der Waals surface area (Å²) in [5.41, 5.74) is 1.53. The zero-order valence-electron chi connectivity index (χ0n) is 9.61. The highest BCUT2D eigenvalue weighted by Gasteiger charge is 2.06. The molecule has 96 valence electrons. The topological polar surface area (TPSA) is 83.0 Å². The Morgan fingerprint density at radius 3 is 2.95 bits per heavy atom. The fraction of sp³-hybridized carbons (Fsp3) is 0. The van der Waals surface area contributed by atoms with Crippen LogP contribution in [0, 0.1) is 0 Å². The molecule has 0 aliphatic rings. The van der Waals surface area contributed by atoms with Gasteiger partial charge < -0.3 is 9.73 Å². The SMILES string of the molecule is O=C(Nc1ccc2cn[nH]c2c1)Nc1ccc(Br)o1. The Morgan fingerprint density at radius 1 is 1.26 bits per heavy atom. The van der Waals surface area contributed by atoms with Crippen LogP contribution in [-0.2, 0) is 0 Å². The van der Waals surface area contributed by atoms with Gasteiger partial charge in [-0.25, -0.2) is 4.79 Å². The maximum atomic E-state index is 11.7. The van der Waals surface area contributed by atoms with Gasteiger partial charge in [0.15, 0.2) is 4.67 Å². The monoisotopic (exact) mass is 320 g/mol. The number of furan rings is 1. The summed E-state index contributed by atoms with van der Waals surface area (Å²) in [7, 11) is 0. The number of benzene rings is 1. The third-order valence-corrected chi connectivity index (χ3v) is 2.94. The molecule has 0 atom stereocenters. The number of carbonyl (C=O) groups is 1. The van der Waals surface area contributed by atoms with Crippen LogP contribution in [0.5, 0.6) is 0 Å². The van der Waals surface area contributed by atoms with E-state index in [1.165, 1.54) is 0 Å². The first-order valence-electron chi connectivity index (χ1n) is 5.47. The second kappa shape index (κ2) is 4.77. The van der Waals surface area contributed by atoms with Crippen LogP contribution in [0.1, 0.15) is 0 Å². The van der Waals surface area contributed by atoms with E-state index in [2.05, 4.69) is 36.8 Å². The fourth-order valence-electron chi connectivity index (χ4n) is 1.67. The first-order valence-corrected chi connectivity index (χ1v) is 6.26. The van der Waals surface area contributed by atoms with Crippen LogP contribution in [-0.4, -0.2) is 16.2 Å². The molecular weight excluding hydrogens is 312 g/mol. The quantitative estimate of drug-likeness (QED) is 0.675. The predicted octanol–water partition coefficient (Wildman–Crippen LogP) is 3.56. The van der Waals surface area contributed by atoms with E-state index in [1.54, 1.807) is 30.5 Å². The summed E-state index contributed by atoms with van der Waals surface area (Å²) in [6, 6.07) is 8.46. The van der Waals surface area contributed by atoms with Crippen LogP contribution in [0.15, 0.2) is 45.6 Å². The van der Waals surface area contributed by atoms with Crippen LogP contribution in [0.25, 0.3) is 10.9 Å². The Morgan fingerprint density at radius 2 is 2.16 bits per heavy atom. The summed E-state index contributed by atoms with van der Waals surface area (Å²) in [4.78, 5) is 11.7. The Labute approximate surface area is 116 Å². The number of nitrogens with zero attached hydrogens (tertiary/aromatic N) is 1. The van der Waals surface area contributed by atoms with Gasteiger partial charge in [0.25, 0.3) is 0 Å². The van der Waals surface area contributed by atoms with Crippen molar-refractivity contribution in [2.24, 2.45) is 0 Å². The van der Waals surface area contributed by atoms with Crippen molar-refractivity contribution >= 4 is 44.4 Å². The number of fused-ring (bicyclic) bond motifs is 1. The molecule has 19 heavy (non-hydrogen) atoms. The van der Waals surface area contributed by atoms with Crippen LogP contribution in [0.2, 0.25) is 0 Å². The second-order valence-electron chi connectivity index (χ2n) is 3.85. The maximum absolute atomic E-state index is 11.7. The summed E-state index contributed by atoms with van der Waals surface area (Å²) in [6.07, 6.45) is 1.72. The average Bonchev–Trinajstić information content (AvgIpc) is 2.97. The lowest BCUT2D eigenvalue weighted by molar-refractivity contribution is 0.261. The summed E-state index contributed by atoms with van der Waals surface area (Å²) in [6.45, 7) is 0. The molecule has 3 aromatic rings. The lowest BCUT2D eigenvalue weighted by Crippen LogP contribution is -2.18. The minimum Gasteiger partial charge on any atom is -0.434 e. The molecule has 0 aliphatic carbocycles. The molecule has 3 rings (SSSR count). The molecule has 0 radical (unpaired) electrons.